The lowest BCUT2D eigenvalue weighted by atomic mass is 9.92. The van der Waals surface area contributed by atoms with E-state index in [1.165, 1.54) is 6.42 Å². The van der Waals surface area contributed by atoms with E-state index in [2.05, 4.69) is 0 Å². The summed E-state index contributed by atoms with van der Waals surface area (Å²) in [4.78, 5) is 0. The molecule has 11 heavy (non-hydrogen) atoms. The average molecular weight is 149 g/mol. The van der Waals surface area contributed by atoms with E-state index in [0.717, 1.165) is 17.8 Å². The van der Waals surface area contributed by atoms with Gasteiger partial charge in [-0.05, 0) is 55.8 Å². The van der Waals surface area contributed by atoms with E-state index in [0.29, 0.717) is 0 Å². The topological polar surface area (TPSA) is 0 Å². The highest BCUT2D eigenvalue weighted by atomic mass is 14.5. The van der Waals surface area contributed by atoms with E-state index in [9.17, 15) is 0 Å². The predicted octanol–water partition coefficient (Wildman–Crippen LogP) is 3.18. The Morgan fingerprint density at radius 1 is 0.818 bits per heavy atom. The maximum absolute atomic E-state index is 2.01. The minimum Gasteiger partial charge on any atom is -0.0502 e. The molecule has 0 amide bonds. The molecule has 0 aromatic carbocycles. The molecule has 0 aliphatic heterocycles. The van der Waals surface area contributed by atoms with Crippen LogP contribution >= 0.6 is 0 Å². The molecule has 0 bridgehead atoms. The number of hydrogen-bond acceptors (Lipinski definition) is 0. The van der Waals surface area contributed by atoms with Crippen molar-refractivity contribution in [2.75, 3.05) is 0 Å². The van der Waals surface area contributed by atoms with E-state index in [1.54, 1.807) is 38.5 Å². The van der Waals surface area contributed by atoms with E-state index in [1.807, 2.05) is 5.92 Å². The molecule has 0 spiro atoms. The van der Waals surface area contributed by atoms with Gasteiger partial charge in [-0.3, -0.25) is 0 Å². The van der Waals surface area contributed by atoms with Crippen molar-refractivity contribution >= 4 is 0 Å². The summed E-state index contributed by atoms with van der Waals surface area (Å²) in [6.45, 7) is 0. The Morgan fingerprint density at radius 3 is 1.73 bits per heavy atom. The molecule has 61 valence electrons. The Bertz CT molecular complexity index is 137. The molecule has 1 radical (unpaired) electrons. The maximum Gasteiger partial charge on any atom is -0.0176 e. The smallest absolute Gasteiger partial charge is 0.0176 e. The molecule has 0 N–H and O–H groups in total. The molecule has 0 heterocycles. The van der Waals surface area contributed by atoms with Crippen LogP contribution in [0, 0.1) is 23.7 Å². The van der Waals surface area contributed by atoms with Crippen LogP contribution < -0.4 is 0 Å². The van der Waals surface area contributed by atoms with Gasteiger partial charge in [-0.2, -0.15) is 0 Å². The van der Waals surface area contributed by atoms with Gasteiger partial charge < -0.3 is 0 Å². The lowest BCUT2D eigenvalue weighted by Crippen LogP contribution is -2.03. The van der Waals surface area contributed by atoms with Crippen LogP contribution in [0.3, 0.4) is 0 Å². The van der Waals surface area contributed by atoms with Crippen molar-refractivity contribution in [1.29, 1.82) is 0 Å². The van der Waals surface area contributed by atoms with Crippen LogP contribution in [0.15, 0.2) is 0 Å². The summed E-state index contributed by atoms with van der Waals surface area (Å²) in [6, 6.07) is 0. The van der Waals surface area contributed by atoms with Crippen molar-refractivity contribution in [2.24, 2.45) is 17.8 Å². The molecule has 0 saturated heterocycles. The molecule has 3 rings (SSSR count). The molecule has 0 aromatic heterocycles. The van der Waals surface area contributed by atoms with Gasteiger partial charge >= 0.3 is 0 Å². The lowest BCUT2D eigenvalue weighted by Gasteiger charge is -2.13. The van der Waals surface area contributed by atoms with Crippen molar-refractivity contribution in [3.8, 4) is 0 Å². The summed E-state index contributed by atoms with van der Waals surface area (Å²) in [5, 5.41) is 0. The summed E-state index contributed by atoms with van der Waals surface area (Å²) in [7, 11) is 0. The summed E-state index contributed by atoms with van der Waals surface area (Å²) in [6.07, 6.45) is 10.8. The summed E-state index contributed by atoms with van der Waals surface area (Å²) in [5.41, 5.74) is 0. The lowest BCUT2D eigenvalue weighted by molar-refractivity contribution is 0.584. The third kappa shape index (κ3) is 1.45. The van der Waals surface area contributed by atoms with Crippen molar-refractivity contribution in [3.05, 3.63) is 5.92 Å². The molecular weight excluding hydrogens is 132 g/mol. The summed E-state index contributed by atoms with van der Waals surface area (Å²) >= 11 is 0. The standard InChI is InChI=1S/C11H17/c1-2-8(1)7-11(9-3-4-9)10-5-6-10/h8-10H,1-7H2. The zero-order chi connectivity index (χ0) is 7.26. The highest BCUT2D eigenvalue weighted by molar-refractivity contribution is 5.13. The first-order valence-electron chi connectivity index (χ1n) is 5.29. The van der Waals surface area contributed by atoms with E-state index < -0.39 is 0 Å². The molecule has 0 nitrogen and oxygen atoms in total. The van der Waals surface area contributed by atoms with Gasteiger partial charge in [-0.1, -0.05) is 12.8 Å². The molecule has 0 aromatic rings. The fraction of sp³-hybridized carbons (Fsp3) is 0.909. The summed E-state index contributed by atoms with van der Waals surface area (Å²) < 4.78 is 0. The molecule has 3 aliphatic rings. The zero-order valence-electron chi connectivity index (χ0n) is 7.18. The van der Waals surface area contributed by atoms with Crippen LogP contribution in [-0.4, -0.2) is 0 Å². The van der Waals surface area contributed by atoms with E-state index in [4.69, 9.17) is 0 Å². The monoisotopic (exact) mass is 149 g/mol. The molecule has 3 saturated carbocycles. The second-order valence-corrected chi connectivity index (χ2v) is 4.77. The van der Waals surface area contributed by atoms with Crippen LogP contribution in [0.1, 0.15) is 44.9 Å². The Kier molecular flexibility index (Phi) is 1.33. The first kappa shape index (κ1) is 6.51. The molecular formula is C11H17. The number of hydrogen-bond donors (Lipinski definition) is 0. The Morgan fingerprint density at radius 2 is 1.36 bits per heavy atom. The van der Waals surface area contributed by atoms with Gasteiger partial charge in [-0.15, -0.1) is 0 Å². The Hall–Kier alpha value is 0. The average Bonchev–Trinajstić information content (AvgIpc) is 2.77. The fourth-order valence-corrected chi connectivity index (χ4v) is 2.23. The quantitative estimate of drug-likeness (QED) is 0.576. The molecule has 0 heteroatoms. The molecule has 0 unspecified atom stereocenters. The third-order valence-electron chi connectivity index (χ3n) is 3.42. The first-order valence-corrected chi connectivity index (χ1v) is 5.29. The summed E-state index contributed by atoms with van der Waals surface area (Å²) in [5.74, 6) is 5.38. The van der Waals surface area contributed by atoms with E-state index >= 15 is 0 Å². The largest absolute Gasteiger partial charge is 0.0502 e. The Labute approximate surface area is 69.4 Å². The zero-order valence-corrected chi connectivity index (χ0v) is 7.18. The van der Waals surface area contributed by atoms with Crippen LogP contribution in [0.5, 0.6) is 0 Å². The van der Waals surface area contributed by atoms with Crippen molar-refractivity contribution in [1.82, 2.24) is 0 Å². The van der Waals surface area contributed by atoms with Crippen molar-refractivity contribution in [2.45, 2.75) is 44.9 Å². The van der Waals surface area contributed by atoms with Crippen LogP contribution in [0.2, 0.25) is 0 Å². The molecule has 0 atom stereocenters. The predicted molar refractivity (Wildman–Crippen MR) is 46.0 cm³/mol. The highest BCUT2D eigenvalue weighted by Gasteiger charge is 2.43. The molecule has 3 aliphatic carbocycles. The van der Waals surface area contributed by atoms with Crippen LogP contribution in [-0.2, 0) is 0 Å². The highest BCUT2D eigenvalue weighted by Crippen LogP contribution is 2.55. The van der Waals surface area contributed by atoms with Gasteiger partial charge in [0.1, 0.15) is 0 Å². The van der Waals surface area contributed by atoms with Gasteiger partial charge in [-0.25, -0.2) is 0 Å². The van der Waals surface area contributed by atoms with Crippen LogP contribution in [0.25, 0.3) is 0 Å². The normalized spacial score (nSPS) is 31.4. The SMILES string of the molecule is C1CC1C[C](C1CC1)C1CC1. The van der Waals surface area contributed by atoms with E-state index in [-0.39, 0.29) is 0 Å². The second-order valence-electron chi connectivity index (χ2n) is 4.77. The fourth-order valence-electron chi connectivity index (χ4n) is 2.23. The minimum absolute atomic E-state index is 1.11. The second kappa shape index (κ2) is 2.24. The minimum atomic E-state index is 1.11. The Balaban J connectivity index is 1.57. The van der Waals surface area contributed by atoms with Gasteiger partial charge in [0.15, 0.2) is 0 Å². The van der Waals surface area contributed by atoms with Crippen molar-refractivity contribution in [3.63, 3.8) is 0 Å². The number of rotatable bonds is 4. The maximum atomic E-state index is 2.01. The van der Waals surface area contributed by atoms with Gasteiger partial charge in [0.25, 0.3) is 0 Å². The third-order valence-corrected chi connectivity index (χ3v) is 3.42. The van der Waals surface area contributed by atoms with Crippen LogP contribution in [0.4, 0.5) is 0 Å². The van der Waals surface area contributed by atoms with Crippen molar-refractivity contribution < 1.29 is 0 Å². The first-order chi connectivity index (χ1) is 5.43. The van der Waals surface area contributed by atoms with Gasteiger partial charge in [0.05, 0.1) is 0 Å². The molecule has 3 fully saturated rings. The van der Waals surface area contributed by atoms with Gasteiger partial charge in [0, 0.05) is 0 Å². The van der Waals surface area contributed by atoms with Gasteiger partial charge in [0.2, 0.25) is 0 Å².